The zero-order valence-corrected chi connectivity index (χ0v) is 18.5. The Morgan fingerprint density at radius 1 is 1.03 bits per heavy atom. The summed E-state index contributed by atoms with van der Waals surface area (Å²) in [6.45, 7) is 3.03. The van der Waals surface area contributed by atoms with Gasteiger partial charge in [0, 0.05) is 27.2 Å². The van der Waals surface area contributed by atoms with Gasteiger partial charge in [-0.2, -0.15) is 0 Å². The third kappa shape index (κ3) is 4.44. The molecule has 0 amide bonds. The van der Waals surface area contributed by atoms with Gasteiger partial charge in [-0.1, -0.05) is 74.0 Å². The summed E-state index contributed by atoms with van der Waals surface area (Å²) in [4.78, 5) is 0. The maximum Gasteiger partial charge on any atom is 0.119 e. The van der Waals surface area contributed by atoms with Crippen LogP contribution in [-0.2, 0) is 0 Å². The number of hydrogen-bond donors (Lipinski definition) is 1. The average Bonchev–Trinajstić information content (AvgIpc) is 3.21. The van der Waals surface area contributed by atoms with Crippen LogP contribution in [0, 0.1) is 5.92 Å². The number of fused-ring (bicyclic) bond motifs is 3. The van der Waals surface area contributed by atoms with E-state index in [2.05, 4.69) is 42.6 Å². The zero-order chi connectivity index (χ0) is 20.2. The summed E-state index contributed by atoms with van der Waals surface area (Å²) in [5, 5.41) is 5.18. The van der Waals surface area contributed by atoms with E-state index in [4.69, 9.17) is 27.9 Å². The number of rotatable bonds is 8. The second-order valence-corrected chi connectivity index (χ2v) is 8.94. The highest BCUT2D eigenvalue weighted by Gasteiger charge is 2.39. The molecule has 0 saturated carbocycles. The van der Waals surface area contributed by atoms with Crippen molar-refractivity contribution in [2.45, 2.75) is 57.4 Å². The standard InChI is InChI=1S/C25H29Cl2NO/c1-2-3-4-5-6-15-29-17-13-14-23-20(16-17)18-9-7-10-19(18)25(28-23)24-21(26)11-8-12-22(24)27/h7-9,11-14,16,18-19,25,28H,2-6,10,15H2,1H3. The highest BCUT2D eigenvalue weighted by molar-refractivity contribution is 6.36. The van der Waals surface area contributed by atoms with Crippen LogP contribution in [0.2, 0.25) is 10.0 Å². The fraction of sp³-hybridized carbons (Fsp3) is 0.440. The predicted molar refractivity (Wildman–Crippen MR) is 124 cm³/mol. The monoisotopic (exact) mass is 429 g/mol. The Kier molecular flexibility index (Phi) is 6.72. The van der Waals surface area contributed by atoms with Crippen molar-refractivity contribution in [2.75, 3.05) is 11.9 Å². The first-order valence-electron chi connectivity index (χ1n) is 10.8. The van der Waals surface area contributed by atoms with E-state index in [9.17, 15) is 0 Å². The van der Waals surface area contributed by atoms with Crippen molar-refractivity contribution in [3.05, 3.63) is 69.7 Å². The molecule has 1 heterocycles. The van der Waals surface area contributed by atoms with E-state index in [1.165, 1.54) is 31.2 Å². The lowest BCUT2D eigenvalue weighted by molar-refractivity contribution is 0.303. The molecule has 0 saturated heterocycles. The quantitative estimate of drug-likeness (QED) is 0.337. The van der Waals surface area contributed by atoms with Crippen molar-refractivity contribution in [1.82, 2.24) is 0 Å². The first kappa shape index (κ1) is 20.6. The molecule has 0 bridgehead atoms. The fourth-order valence-electron chi connectivity index (χ4n) is 4.65. The van der Waals surface area contributed by atoms with Crippen molar-refractivity contribution >= 4 is 28.9 Å². The highest BCUT2D eigenvalue weighted by atomic mass is 35.5. The molecule has 154 valence electrons. The SMILES string of the molecule is CCCCCCCOc1ccc2c(c1)C1C=CCC1C(c1c(Cl)cccc1Cl)N2. The van der Waals surface area contributed by atoms with Gasteiger partial charge in [0.2, 0.25) is 0 Å². The van der Waals surface area contributed by atoms with Gasteiger partial charge in [0.1, 0.15) is 5.75 Å². The lowest BCUT2D eigenvalue weighted by Gasteiger charge is -2.38. The molecule has 2 aromatic carbocycles. The van der Waals surface area contributed by atoms with Gasteiger partial charge in [0.25, 0.3) is 0 Å². The molecule has 3 unspecified atom stereocenters. The van der Waals surface area contributed by atoms with E-state index in [0.717, 1.165) is 46.5 Å². The smallest absolute Gasteiger partial charge is 0.119 e. The molecule has 2 nitrogen and oxygen atoms in total. The molecular formula is C25H29Cl2NO. The van der Waals surface area contributed by atoms with Crippen LogP contribution in [-0.4, -0.2) is 6.61 Å². The largest absolute Gasteiger partial charge is 0.494 e. The first-order chi connectivity index (χ1) is 14.2. The van der Waals surface area contributed by atoms with Gasteiger partial charge in [0.15, 0.2) is 0 Å². The molecule has 0 spiro atoms. The normalized spacial score (nSPS) is 22.1. The second kappa shape index (κ2) is 9.45. The molecule has 0 aromatic heterocycles. The summed E-state index contributed by atoms with van der Waals surface area (Å²) in [6.07, 6.45) is 11.9. The summed E-state index contributed by atoms with van der Waals surface area (Å²) in [5.41, 5.74) is 3.47. The predicted octanol–water partition coefficient (Wildman–Crippen LogP) is 8.17. The van der Waals surface area contributed by atoms with Crippen molar-refractivity contribution in [3.63, 3.8) is 0 Å². The zero-order valence-electron chi connectivity index (χ0n) is 17.0. The third-order valence-corrected chi connectivity index (χ3v) is 6.82. The maximum atomic E-state index is 6.54. The van der Waals surface area contributed by atoms with Crippen molar-refractivity contribution in [1.29, 1.82) is 0 Å². The van der Waals surface area contributed by atoms with Gasteiger partial charge < -0.3 is 10.1 Å². The molecule has 0 radical (unpaired) electrons. The minimum Gasteiger partial charge on any atom is -0.494 e. The molecule has 4 heteroatoms. The van der Waals surface area contributed by atoms with Crippen molar-refractivity contribution < 1.29 is 4.74 Å². The van der Waals surface area contributed by atoms with Crippen LogP contribution in [0.4, 0.5) is 5.69 Å². The fourth-order valence-corrected chi connectivity index (χ4v) is 5.28. The van der Waals surface area contributed by atoms with E-state index < -0.39 is 0 Å². The molecule has 2 aliphatic rings. The van der Waals surface area contributed by atoms with E-state index in [0.29, 0.717) is 11.8 Å². The first-order valence-corrected chi connectivity index (χ1v) is 11.6. The highest BCUT2D eigenvalue weighted by Crippen LogP contribution is 2.52. The number of halogens is 2. The molecule has 2 aromatic rings. The van der Waals surface area contributed by atoms with Crippen LogP contribution in [0.5, 0.6) is 5.75 Å². The van der Waals surface area contributed by atoms with Gasteiger partial charge >= 0.3 is 0 Å². The molecule has 29 heavy (non-hydrogen) atoms. The van der Waals surface area contributed by atoms with Gasteiger partial charge in [-0.15, -0.1) is 0 Å². The van der Waals surface area contributed by atoms with E-state index in [1.807, 2.05) is 18.2 Å². The average molecular weight is 430 g/mol. The van der Waals surface area contributed by atoms with Crippen molar-refractivity contribution in [2.24, 2.45) is 5.92 Å². The molecule has 4 rings (SSSR count). The van der Waals surface area contributed by atoms with Gasteiger partial charge in [-0.25, -0.2) is 0 Å². The van der Waals surface area contributed by atoms with E-state index in [-0.39, 0.29) is 6.04 Å². The summed E-state index contributed by atoms with van der Waals surface area (Å²) in [7, 11) is 0. The minimum atomic E-state index is 0.106. The van der Waals surface area contributed by atoms with Crippen molar-refractivity contribution in [3.8, 4) is 5.75 Å². The Morgan fingerprint density at radius 3 is 2.62 bits per heavy atom. The van der Waals surface area contributed by atoms with E-state index in [1.54, 1.807) is 0 Å². The Hall–Kier alpha value is -1.64. The number of benzene rings is 2. The molecule has 1 N–H and O–H groups in total. The number of nitrogens with one attached hydrogen (secondary N) is 1. The van der Waals surface area contributed by atoms with Crippen LogP contribution in [0.25, 0.3) is 0 Å². The summed E-state index contributed by atoms with van der Waals surface area (Å²) in [6, 6.07) is 12.3. The Labute approximate surface area is 184 Å². The van der Waals surface area contributed by atoms with Gasteiger partial charge in [-0.3, -0.25) is 0 Å². The number of unbranched alkanes of at least 4 members (excludes halogenated alkanes) is 4. The molecule has 0 fully saturated rings. The Morgan fingerprint density at radius 2 is 1.83 bits per heavy atom. The van der Waals surface area contributed by atoms with Gasteiger partial charge in [-0.05, 0) is 54.7 Å². The number of allylic oxidation sites excluding steroid dienone is 2. The lowest BCUT2D eigenvalue weighted by atomic mass is 9.77. The summed E-state index contributed by atoms with van der Waals surface area (Å²) in [5.74, 6) is 1.73. The third-order valence-electron chi connectivity index (χ3n) is 6.16. The van der Waals surface area contributed by atoms with Crippen LogP contribution in [0.15, 0.2) is 48.6 Å². The van der Waals surface area contributed by atoms with Crippen LogP contribution in [0.3, 0.4) is 0 Å². The Bertz CT molecular complexity index is 859. The number of ether oxygens (including phenoxy) is 1. The van der Waals surface area contributed by atoms with Crippen LogP contribution in [0.1, 0.15) is 68.5 Å². The summed E-state index contributed by atoms with van der Waals surface area (Å²) < 4.78 is 6.06. The molecule has 1 aliphatic heterocycles. The topological polar surface area (TPSA) is 21.3 Å². The number of anilines is 1. The lowest BCUT2D eigenvalue weighted by Crippen LogP contribution is -2.29. The Balaban J connectivity index is 1.51. The number of hydrogen-bond acceptors (Lipinski definition) is 2. The molecule has 3 atom stereocenters. The summed E-state index contributed by atoms with van der Waals surface area (Å²) >= 11 is 13.1. The van der Waals surface area contributed by atoms with E-state index >= 15 is 0 Å². The van der Waals surface area contributed by atoms with Crippen LogP contribution >= 0.6 is 23.2 Å². The van der Waals surface area contributed by atoms with Gasteiger partial charge in [0.05, 0.1) is 12.6 Å². The molecule has 1 aliphatic carbocycles. The minimum absolute atomic E-state index is 0.106. The molecular weight excluding hydrogens is 401 g/mol. The van der Waals surface area contributed by atoms with Crippen LogP contribution < -0.4 is 10.1 Å². The maximum absolute atomic E-state index is 6.54. The second-order valence-electron chi connectivity index (χ2n) is 8.12.